The smallest absolute Gasteiger partial charge is 0.200 e. The molecule has 0 radical (unpaired) electrons. The second-order valence-corrected chi connectivity index (χ2v) is 5.59. The summed E-state index contributed by atoms with van der Waals surface area (Å²) in [6, 6.07) is 0. The lowest BCUT2D eigenvalue weighted by Crippen LogP contribution is -2.21. The minimum atomic E-state index is 0.683. The lowest BCUT2D eigenvalue weighted by Gasteiger charge is -2.19. The maximum Gasteiger partial charge on any atom is 0.200 e. The van der Waals surface area contributed by atoms with Gasteiger partial charge in [-0.25, -0.2) is 4.98 Å². The molecule has 5 heteroatoms. The fourth-order valence-electron chi connectivity index (χ4n) is 2.52. The SMILES string of the molecule is CSc1nsc(C2CN3CCC2C3)n1. The van der Waals surface area contributed by atoms with Crippen LogP contribution in [0.5, 0.6) is 0 Å². The molecule has 0 saturated carbocycles. The average molecular weight is 227 g/mol. The van der Waals surface area contributed by atoms with Gasteiger partial charge in [0.2, 0.25) is 0 Å². The second kappa shape index (κ2) is 3.47. The zero-order chi connectivity index (χ0) is 9.54. The number of hydrogen-bond donors (Lipinski definition) is 0. The minimum absolute atomic E-state index is 0.683. The molecule has 0 aliphatic carbocycles. The third-order valence-electron chi connectivity index (χ3n) is 3.26. The van der Waals surface area contributed by atoms with E-state index in [1.54, 1.807) is 23.3 Å². The maximum absolute atomic E-state index is 4.57. The van der Waals surface area contributed by atoms with Crippen molar-refractivity contribution in [2.45, 2.75) is 17.5 Å². The summed E-state index contributed by atoms with van der Waals surface area (Å²) in [5, 5.41) is 2.21. The lowest BCUT2D eigenvalue weighted by molar-refractivity contribution is 0.346. The Labute approximate surface area is 92.1 Å². The molecule has 2 aliphatic rings. The summed E-state index contributed by atoms with van der Waals surface area (Å²) in [6.07, 6.45) is 3.40. The Bertz CT molecular complexity index is 339. The van der Waals surface area contributed by atoms with Crippen molar-refractivity contribution in [2.75, 3.05) is 25.9 Å². The van der Waals surface area contributed by atoms with Crippen LogP contribution in [0, 0.1) is 5.92 Å². The number of fused-ring (bicyclic) bond motifs is 2. The molecular weight excluding hydrogens is 214 g/mol. The number of hydrogen-bond acceptors (Lipinski definition) is 5. The van der Waals surface area contributed by atoms with Gasteiger partial charge in [-0.1, -0.05) is 11.8 Å². The van der Waals surface area contributed by atoms with Crippen molar-refractivity contribution in [3.63, 3.8) is 0 Å². The van der Waals surface area contributed by atoms with Crippen LogP contribution in [0.4, 0.5) is 0 Å². The summed E-state index contributed by atoms with van der Waals surface area (Å²) in [4.78, 5) is 7.12. The molecular formula is C9H13N3S2. The van der Waals surface area contributed by atoms with Gasteiger partial charge in [0, 0.05) is 19.0 Å². The molecule has 3 unspecified atom stereocenters. The second-order valence-electron chi connectivity index (χ2n) is 4.03. The van der Waals surface area contributed by atoms with E-state index in [4.69, 9.17) is 0 Å². The number of piperidine rings is 1. The van der Waals surface area contributed by atoms with Crippen LogP contribution in [-0.2, 0) is 0 Å². The first-order valence-electron chi connectivity index (χ1n) is 4.97. The highest BCUT2D eigenvalue weighted by Gasteiger charge is 2.40. The minimum Gasteiger partial charge on any atom is -0.302 e. The quantitative estimate of drug-likeness (QED) is 0.719. The van der Waals surface area contributed by atoms with Gasteiger partial charge < -0.3 is 4.90 Å². The largest absolute Gasteiger partial charge is 0.302 e. The molecule has 1 aromatic rings. The summed E-state index contributed by atoms with van der Waals surface area (Å²) in [5.74, 6) is 1.54. The van der Waals surface area contributed by atoms with Crippen LogP contribution < -0.4 is 0 Å². The van der Waals surface area contributed by atoms with Gasteiger partial charge in [-0.05, 0) is 36.7 Å². The van der Waals surface area contributed by atoms with Crippen LogP contribution in [0.2, 0.25) is 0 Å². The molecule has 0 amide bonds. The van der Waals surface area contributed by atoms with Crippen molar-refractivity contribution in [2.24, 2.45) is 5.92 Å². The molecule has 0 aromatic carbocycles. The number of rotatable bonds is 2. The first-order valence-corrected chi connectivity index (χ1v) is 6.96. The highest BCUT2D eigenvalue weighted by Crippen LogP contribution is 2.40. The number of thioether (sulfide) groups is 1. The molecule has 3 nitrogen and oxygen atoms in total. The molecule has 2 bridgehead atoms. The fourth-order valence-corrected chi connectivity index (χ4v) is 3.92. The van der Waals surface area contributed by atoms with Crippen LogP contribution in [0.15, 0.2) is 5.16 Å². The summed E-state index contributed by atoms with van der Waals surface area (Å²) in [7, 11) is 0. The zero-order valence-electron chi connectivity index (χ0n) is 8.14. The Morgan fingerprint density at radius 2 is 2.43 bits per heavy atom. The van der Waals surface area contributed by atoms with E-state index in [9.17, 15) is 0 Å². The van der Waals surface area contributed by atoms with E-state index in [2.05, 4.69) is 14.3 Å². The van der Waals surface area contributed by atoms with E-state index in [1.807, 2.05) is 6.26 Å². The fraction of sp³-hybridized carbons (Fsp3) is 0.778. The summed E-state index contributed by atoms with van der Waals surface area (Å²) < 4.78 is 4.34. The summed E-state index contributed by atoms with van der Waals surface area (Å²) in [5.41, 5.74) is 0. The predicted molar refractivity (Wildman–Crippen MR) is 59.0 cm³/mol. The normalized spacial score (nSPS) is 35.4. The first kappa shape index (κ1) is 9.12. The van der Waals surface area contributed by atoms with Crippen molar-refractivity contribution in [3.05, 3.63) is 5.01 Å². The Balaban J connectivity index is 1.82. The molecule has 0 spiro atoms. The van der Waals surface area contributed by atoms with Gasteiger partial charge in [-0.15, -0.1) is 0 Å². The Morgan fingerprint density at radius 3 is 3.00 bits per heavy atom. The monoisotopic (exact) mass is 227 g/mol. The van der Waals surface area contributed by atoms with E-state index in [0.29, 0.717) is 5.92 Å². The molecule has 3 atom stereocenters. The highest BCUT2D eigenvalue weighted by molar-refractivity contribution is 7.98. The molecule has 3 rings (SSSR count). The van der Waals surface area contributed by atoms with Crippen molar-refractivity contribution < 1.29 is 0 Å². The lowest BCUT2D eigenvalue weighted by atomic mass is 9.93. The van der Waals surface area contributed by atoms with Crippen molar-refractivity contribution in [3.8, 4) is 0 Å². The van der Waals surface area contributed by atoms with Gasteiger partial charge in [0.05, 0.1) is 0 Å². The maximum atomic E-state index is 4.57. The van der Waals surface area contributed by atoms with Gasteiger partial charge in [0.25, 0.3) is 0 Å². The van der Waals surface area contributed by atoms with Gasteiger partial charge in [0.1, 0.15) is 5.01 Å². The van der Waals surface area contributed by atoms with Crippen molar-refractivity contribution >= 4 is 23.3 Å². The number of aromatic nitrogens is 2. The van der Waals surface area contributed by atoms with Crippen LogP contribution in [0.1, 0.15) is 17.3 Å². The Hall–Kier alpha value is -0.130. The van der Waals surface area contributed by atoms with Crippen LogP contribution in [-0.4, -0.2) is 40.1 Å². The van der Waals surface area contributed by atoms with E-state index < -0.39 is 0 Å². The third-order valence-corrected chi connectivity index (χ3v) is 4.76. The van der Waals surface area contributed by atoms with Crippen LogP contribution in [0.3, 0.4) is 0 Å². The van der Waals surface area contributed by atoms with E-state index in [0.717, 1.165) is 11.1 Å². The molecule has 14 heavy (non-hydrogen) atoms. The molecule has 3 heterocycles. The van der Waals surface area contributed by atoms with Gasteiger partial charge >= 0.3 is 0 Å². The van der Waals surface area contributed by atoms with Gasteiger partial charge in [-0.2, -0.15) is 4.37 Å². The summed E-state index contributed by atoms with van der Waals surface area (Å²) in [6.45, 7) is 3.81. The van der Waals surface area contributed by atoms with Crippen LogP contribution >= 0.6 is 23.3 Å². The van der Waals surface area contributed by atoms with Gasteiger partial charge in [0.15, 0.2) is 5.16 Å². The first-order chi connectivity index (χ1) is 6.86. The molecule has 0 N–H and O–H groups in total. The zero-order valence-corrected chi connectivity index (χ0v) is 9.77. The van der Waals surface area contributed by atoms with E-state index >= 15 is 0 Å². The predicted octanol–water partition coefficient (Wildman–Crippen LogP) is 1.68. The highest BCUT2D eigenvalue weighted by atomic mass is 32.2. The standard InChI is InChI=1S/C9H13N3S2/c1-13-9-10-8(14-11-9)7-5-12-3-2-6(7)4-12/h6-7H,2-5H2,1H3. The van der Waals surface area contributed by atoms with E-state index in [1.165, 1.54) is 31.1 Å². The average Bonchev–Trinajstić information content (AvgIpc) is 2.93. The third kappa shape index (κ3) is 1.38. The Kier molecular flexibility index (Phi) is 2.26. The van der Waals surface area contributed by atoms with Gasteiger partial charge in [-0.3, -0.25) is 0 Å². The summed E-state index contributed by atoms with van der Waals surface area (Å²) >= 11 is 3.25. The molecule has 2 aliphatic heterocycles. The molecule has 2 fully saturated rings. The number of nitrogens with zero attached hydrogens (tertiary/aromatic N) is 3. The van der Waals surface area contributed by atoms with Crippen molar-refractivity contribution in [1.29, 1.82) is 0 Å². The molecule has 1 aromatic heterocycles. The topological polar surface area (TPSA) is 29.0 Å². The Morgan fingerprint density at radius 1 is 1.50 bits per heavy atom. The van der Waals surface area contributed by atoms with Crippen molar-refractivity contribution in [1.82, 2.24) is 14.3 Å². The van der Waals surface area contributed by atoms with E-state index in [-0.39, 0.29) is 0 Å². The molecule has 2 saturated heterocycles. The van der Waals surface area contributed by atoms with Crippen LogP contribution in [0.25, 0.3) is 0 Å². The molecule has 76 valence electrons.